The van der Waals surface area contributed by atoms with Crippen LogP contribution in [-0.4, -0.2) is 69.0 Å². The van der Waals surface area contributed by atoms with Crippen molar-refractivity contribution in [2.24, 2.45) is 0 Å². The van der Waals surface area contributed by atoms with Crippen LogP contribution in [0.5, 0.6) is 0 Å². The molecule has 0 spiro atoms. The van der Waals surface area contributed by atoms with Crippen molar-refractivity contribution < 1.29 is 18.8 Å². The number of urea groups is 1. The minimum atomic E-state index is -0.769. The number of benzene rings is 2. The average molecular weight is 625 g/mol. The number of carbonyl (C=O) groups excluding carboxylic acids is 3. The first-order valence-corrected chi connectivity index (χ1v) is 14.9. The Kier molecular flexibility index (Phi) is 9.19. The molecule has 2 aliphatic heterocycles. The molecule has 0 radical (unpaired) electrons. The Balaban J connectivity index is 1.35. The zero-order valence-electron chi connectivity index (χ0n) is 24.5. The quantitative estimate of drug-likeness (QED) is 0.418. The second-order valence-electron chi connectivity index (χ2n) is 11.2. The Labute approximate surface area is 258 Å². The molecule has 3 heterocycles. The number of anilines is 1. The van der Waals surface area contributed by atoms with Gasteiger partial charge in [-0.15, -0.1) is 0 Å². The Hall–Kier alpha value is -4.45. The molecule has 0 unspecified atom stereocenters. The molecule has 2 N–H and O–H groups in total. The highest BCUT2D eigenvalue weighted by molar-refractivity contribution is 6.33. The first kappa shape index (κ1) is 31.0. The molecule has 4 amide bonds. The van der Waals surface area contributed by atoms with Gasteiger partial charge in [-0.25, -0.2) is 14.0 Å². The van der Waals surface area contributed by atoms with Crippen molar-refractivity contribution in [3.63, 3.8) is 0 Å². The molecule has 0 saturated carbocycles. The van der Waals surface area contributed by atoms with E-state index in [-0.39, 0.29) is 53.1 Å². The third-order valence-corrected chi connectivity index (χ3v) is 8.60. The second kappa shape index (κ2) is 13.0. The highest BCUT2D eigenvalue weighted by Crippen LogP contribution is 2.28. The lowest BCUT2D eigenvalue weighted by atomic mass is 10.0. The van der Waals surface area contributed by atoms with Crippen LogP contribution >= 0.6 is 11.6 Å². The van der Waals surface area contributed by atoms with Crippen molar-refractivity contribution in [2.75, 3.05) is 31.5 Å². The molecule has 0 bridgehead atoms. The van der Waals surface area contributed by atoms with E-state index in [1.807, 2.05) is 29.2 Å². The normalized spacial score (nSPS) is 16.1. The molecular formula is C31H34ClFN6O5. The van der Waals surface area contributed by atoms with Crippen LogP contribution < -0.4 is 21.9 Å². The molecule has 5 rings (SSSR count). The first-order valence-electron chi connectivity index (χ1n) is 14.5. The zero-order valence-corrected chi connectivity index (χ0v) is 25.3. The van der Waals surface area contributed by atoms with E-state index in [4.69, 9.17) is 11.6 Å². The van der Waals surface area contributed by atoms with Gasteiger partial charge in [-0.3, -0.25) is 23.5 Å². The maximum Gasteiger partial charge on any atom is 0.331 e. The summed E-state index contributed by atoms with van der Waals surface area (Å²) in [6.45, 7) is 3.87. The number of rotatable bonds is 7. The van der Waals surface area contributed by atoms with Crippen LogP contribution in [0.25, 0.3) is 11.1 Å². The third kappa shape index (κ3) is 6.40. The lowest BCUT2D eigenvalue weighted by Crippen LogP contribution is -2.51. The van der Waals surface area contributed by atoms with Gasteiger partial charge in [-0.05, 0) is 43.9 Å². The van der Waals surface area contributed by atoms with E-state index in [0.717, 1.165) is 32.9 Å². The van der Waals surface area contributed by atoms with E-state index in [1.54, 1.807) is 11.8 Å². The minimum absolute atomic E-state index is 0.0125. The minimum Gasteiger partial charge on any atom is -0.354 e. The summed E-state index contributed by atoms with van der Waals surface area (Å²) >= 11 is 6.20. The van der Waals surface area contributed by atoms with Gasteiger partial charge in [-0.2, -0.15) is 0 Å². The maximum absolute atomic E-state index is 14.3. The summed E-state index contributed by atoms with van der Waals surface area (Å²) in [6, 6.07) is 10.8. The largest absolute Gasteiger partial charge is 0.354 e. The van der Waals surface area contributed by atoms with E-state index in [2.05, 4.69) is 10.6 Å². The summed E-state index contributed by atoms with van der Waals surface area (Å²) in [4.78, 5) is 68.5. The van der Waals surface area contributed by atoms with Crippen LogP contribution in [0.15, 0.2) is 58.3 Å². The summed E-state index contributed by atoms with van der Waals surface area (Å²) in [5.41, 5.74) is 0.453. The monoisotopic (exact) mass is 624 g/mol. The molecule has 1 saturated heterocycles. The topological polar surface area (TPSA) is 126 Å². The van der Waals surface area contributed by atoms with Crippen molar-refractivity contribution in [3.05, 3.63) is 85.9 Å². The summed E-state index contributed by atoms with van der Waals surface area (Å²) in [6.07, 6.45) is 3.10. The fraction of sp³-hybridized carbons (Fsp3) is 0.387. The predicted molar refractivity (Wildman–Crippen MR) is 164 cm³/mol. The number of piperidine rings is 1. The van der Waals surface area contributed by atoms with Crippen molar-refractivity contribution in [3.8, 4) is 11.1 Å². The Morgan fingerprint density at radius 3 is 2.50 bits per heavy atom. The number of nitrogens with zero attached hydrogens (tertiary/aromatic N) is 4. The number of fused-ring (bicyclic) bond motifs is 1. The van der Waals surface area contributed by atoms with Crippen LogP contribution in [0.2, 0.25) is 5.02 Å². The van der Waals surface area contributed by atoms with Gasteiger partial charge in [0.2, 0.25) is 11.8 Å². The third-order valence-electron chi connectivity index (χ3n) is 8.22. The molecule has 1 aromatic heterocycles. The van der Waals surface area contributed by atoms with E-state index in [1.165, 1.54) is 25.3 Å². The number of para-hydroxylation sites is 1. The molecule has 11 nitrogen and oxygen atoms in total. The van der Waals surface area contributed by atoms with E-state index >= 15 is 0 Å². The van der Waals surface area contributed by atoms with Crippen LogP contribution in [0.4, 0.5) is 14.9 Å². The van der Waals surface area contributed by atoms with Crippen LogP contribution in [0, 0.1) is 5.82 Å². The Morgan fingerprint density at radius 1 is 1.05 bits per heavy atom. The number of aromatic nitrogens is 2. The fourth-order valence-electron chi connectivity index (χ4n) is 5.81. The molecule has 0 aliphatic carbocycles. The summed E-state index contributed by atoms with van der Waals surface area (Å²) < 4.78 is 16.4. The maximum atomic E-state index is 14.3. The predicted octanol–water partition coefficient (Wildman–Crippen LogP) is 3.25. The summed E-state index contributed by atoms with van der Waals surface area (Å²) in [5.74, 6) is -1.41. The van der Waals surface area contributed by atoms with Gasteiger partial charge in [0.05, 0.1) is 16.6 Å². The van der Waals surface area contributed by atoms with E-state index in [9.17, 15) is 28.4 Å². The van der Waals surface area contributed by atoms with Gasteiger partial charge in [0.1, 0.15) is 12.4 Å². The lowest BCUT2D eigenvalue weighted by Gasteiger charge is -2.38. The fourth-order valence-corrected chi connectivity index (χ4v) is 6.04. The molecule has 3 aromatic rings. The highest BCUT2D eigenvalue weighted by Gasteiger charge is 2.32. The number of likely N-dealkylation sites (tertiary alicyclic amines) is 1. The number of hydrogen-bond donors (Lipinski definition) is 2. The van der Waals surface area contributed by atoms with Crippen LogP contribution in [0.1, 0.15) is 38.3 Å². The molecule has 13 heteroatoms. The zero-order chi connectivity index (χ0) is 31.5. The number of halogens is 2. The van der Waals surface area contributed by atoms with Gasteiger partial charge in [0.25, 0.3) is 5.56 Å². The van der Waals surface area contributed by atoms with Gasteiger partial charge in [0, 0.05) is 56.6 Å². The standard InChI is InChI=1S/C31H34ClFN6O5/c1-19(16-34-20(2)40)39-29(42)24(23-7-5-8-25(33)28(23)32)17-37(31(39)44)18-27(41)36-13-11-22(12-14-36)38-15-10-21-6-3-4-9-26(21)35-30(38)43/h3-9,17,19,22H,10-16,18H2,1-2H3,(H,34,40)(H,35,43)/t19-/m0/s1. The average Bonchev–Trinajstić information content (AvgIpc) is 3.17. The van der Waals surface area contributed by atoms with Crippen molar-refractivity contribution in [2.45, 2.75) is 51.7 Å². The Bertz CT molecular complexity index is 1710. The molecular weight excluding hydrogens is 591 g/mol. The van der Waals surface area contributed by atoms with Crippen LogP contribution in [-0.2, 0) is 22.6 Å². The number of carbonyl (C=O) groups is 3. The van der Waals surface area contributed by atoms with Gasteiger partial charge < -0.3 is 20.4 Å². The molecule has 1 atom stereocenters. The summed E-state index contributed by atoms with van der Waals surface area (Å²) in [5, 5.41) is 5.29. The first-order chi connectivity index (χ1) is 21.0. The van der Waals surface area contributed by atoms with Crippen molar-refractivity contribution in [1.82, 2.24) is 24.3 Å². The Morgan fingerprint density at radius 2 is 1.77 bits per heavy atom. The van der Waals surface area contributed by atoms with Crippen LogP contribution in [0.3, 0.4) is 0 Å². The van der Waals surface area contributed by atoms with Gasteiger partial charge >= 0.3 is 11.7 Å². The smallest absolute Gasteiger partial charge is 0.331 e. The SMILES string of the molecule is CC(=O)NC[C@H](C)n1c(=O)c(-c2cccc(F)c2Cl)cn(CC(=O)N2CCC(N3CCc4ccccc4NC3=O)CC2)c1=O. The van der Waals surface area contributed by atoms with Gasteiger partial charge in [-0.1, -0.05) is 41.9 Å². The summed E-state index contributed by atoms with van der Waals surface area (Å²) in [7, 11) is 0. The molecule has 2 aromatic carbocycles. The van der Waals surface area contributed by atoms with Crippen molar-refractivity contribution in [1.29, 1.82) is 0 Å². The molecule has 44 heavy (non-hydrogen) atoms. The highest BCUT2D eigenvalue weighted by atomic mass is 35.5. The van der Waals surface area contributed by atoms with E-state index in [0.29, 0.717) is 32.5 Å². The number of amides is 4. The lowest BCUT2D eigenvalue weighted by molar-refractivity contribution is -0.133. The molecule has 1 fully saturated rings. The van der Waals surface area contributed by atoms with Crippen molar-refractivity contribution >= 4 is 35.1 Å². The number of nitrogens with one attached hydrogen (secondary N) is 2. The number of hydrogen-bond acceptors (Lipinski definition) is 5. The van der Waals surface area contributed by atoms with Gasteiger partial charge in [0.15, 0.2) is 0 Å². The molecule has 2 aliphatic rings. The van der Waals surface area contributed by atoms with E-state index < -0.39 is 23.1 Å². The molecule has 232 valence electrons. The second-order valence-corrected chi connectivity index (χ2v) is 11.5.